The SMILES string of the molecule is N#Cc1ccc(-c2ccc(-c3ccc4oc5c6ccccc6ccc5c4c3)c3ccccc23)cc1. The van der Waals surface area contributed by atoms with E-state index in [1.54, 1.807) is 0 Å². The van der Waals surface area contributed by atoms with E-state index in [0.29, 0.717) is 5.56 Å². The van der Waals surface area contributed by atoms with Gasteiger partial charge in [0.15, 0.2) is 0 Å². The van der Waals surface area contributed by atoms with Crippen molar-refractivity contribution in [3.05, 3.63) is 121 Å². The van der Waals surface area contributed by atoms with Gasteiger partial charge in [0, 0.05) is 16.2 Å². The van der Waals surface area contributed by atoms with Gasteiger partial charge in [0.25, 0.3) is 0 Å². The molecule has 7 aromatic rings. The molecule has 0 aliphatic heterocycles. The second kappa shape index (κ2) is 7.58. The van der Waals surface area contributed by atoms with E-state index in [1.165, 1.54) is 21.7 Å². The molecule has 0 radical (unpaired) electrons. The van der Waals surface area contributed by atoms with Crippen molar-refractivity contribution in [1.29, 1.82) is 5.26 Å². The van der Waals surface area contributed by atoms with Gasteiger partial charge in [0.1, 0.15) is 11.2 Å². The van der Waals surface area contributed by atoms with Crippen LogP contribution in [0.3, 0.4) is 0 Å². The fourth-order valence-electron chi connectivity index (χ4n) is 5.20. The Morgan fingerprint density at radius 2 is 1.17 bits per heavy atom. The summed E-state index contributed by atoms with van der Waals surface area (Å²) in [6.45, 7) is 0. The number of nitrogens with zero attached hydrogens (tertiary/aromatic N) is 1. The fourth-order valence-corrected chi connectivity index (χ4v) is 5.20. The van der Waals surface area contributed by atoms with Crippen molar-refractivity contribution in [2.24, 2.45) is 0 Å². The molecule has 162 valence electrons. The standard InChI is InChI=1S/C33H19NO/c34-20-21-9-11-23(12-10-21)25-16-17-26(29-8-4-3-7-28(25)29)24-14-18-32-31(19-24)30-15-13-22-5-1-2-6-27(22)33(30)35-32/h1-19H. The van der Waals surface area contributed by atoms with Gasteiger partial charge in [-0.2, -0.15) is 5.26 Å². The highest BCUT2D eigenvalue weighted by Crippen LogP contribution is 2.39. The summed E-state index contributed by atoms with van der Waals surface area (Å²) in [7, 11) is 0. The van der Waals surface area contributed by atoms with Crippen molar-refractivity contribution in [2.45, 2.75) is 0 Å². The molecule has 0 N–H and O–H groups in total. The molecular formula is C33H19NO. The zero-order chi connectivity index (χ0) is 23.4. The van der Waals surface area contributed by atoms with Gasteiger partial charge in [-0.3, -0.25) is 0 Å². The Kier molecular flexibility index (Phi) is 4.24. The molecule has 0 unspecified atom stereocenters. The Morgan fingerprint density at radius 1 is 0.514 bits per heavy atom. The number of hydrogen-bond donors (Lipinski definition) is 0. The van der Waals surface area contributed by atoms with Gasteiger partial charge in [-0.25, -0.2) is 0 Å². The Bertz CT molecular complexity index is 1950. The maximum Gasteiger partial charge on any atom is 0.143 e. The lowest BCUT2D eigenvalue weighted by Crippen LogP contribution is -1.86. The summed E-state index contributed by atoms with van der Waals surface area (Å²) in [6.07, 6.45) is 0. The lowest BCUT2D eigenvalue weighted by Gasteiger charge is -2.12. The lowest BCUT2D eigenvalue weighted by atomic mass is 9.91. The van der Waals surface area contributed by atoms with Crippen LogP contribution in [0.2, 0.25) is 0 Å². The number of rotatable bonds is 2. The fraction of sp³-hybridized carbons (Fsp3) is 0. The average Bonchev–Trinajstić information content (AvgIpc) is 3.31. The molecule has 0 aliphatic rings. The minimum atomic E-state index is 0.670. The highest BCUT2D eigenvalue weighted by Gasteiger charge is 2.14. The van der Waals surface area contributed by atoms with E-state index in [2.05, 4.69) is 97.1 Å². The smallest absolute Gasteiger partial charge is 0.143 e. The van der Waals surface area contributed by atoms with Crippen molar-refractivity contribution in [2.75, 3.05) is 0 Å². The quantitative estimate of drug-likeness (QED) is 0.266. The minimum Gasteiger partial charge on any atom is -0.455 e. The molecule has 6 aromatic carbocycles. The summed E-state index contributed by atoms with van der Waals surface area (Å²) in [4.78, 5) is 0. The number of hydrogen-bond acceptors (Lipinski definition) is 2. The van der Waals surface area contributed by atoms with Crippen molar-refractivity contribution in [1.82, 2.24) is 0 Å². The zero-order valence-corrected chi connectivity index (χ0v) is 18.8. The maximum absolute atomic E-state index is 9.15. The van der Waals surface area contributed by atoms with Gasteiger partial charge in [-0.05, 0) is 68.7 Å². The first-order valence-electron chi connectivity index (χ1n) is 11.7. The maximum atomic E-state index is 9.15. The number of nitriles is 1. The van der Waals surface area contributed by atoms with Crippen LogP contribution < -0.4 is 0 Å². The van der Waals surface area contributed by atoms with Crippen LogP contribution in [0.5, 0.6) is 0 Å². The monoisotopic (exact) mass is 445 g/mol. The van der Waals surface area contributed by atoms with Crippen LogP contribution in [0.15, 0.2) is 120 Å². The van der Waals surface area contributed by atoms with Crippen LogP contribution in [0, 0.1) is 11.3 Å². The third kappa shape index (κ3) is 3.03. The van der Waals surface area contributed by atoms with Crippen LogP contribution in [-0.4, -0.2) is 0 Å². The summed E-state index contributed by atoms with van der Waals surface area (Å²) >= 11 is 0. The van der Waals surface area contributed by atoms with Gasteiger partial charge in [-0.15, -0.1) is 0 Å². The topological polar surface area (TPSA) is 36.9 Å². The summed E-state index contributed by atoms with van der Waals surface area (Å²) in [5, 5.41) is 16.1. The largest absolute Gasteiger partial charge is 0.455 e. The Morgan fingerprint density at radius 3 is 1.91 bits per heavy atom. The molecule has 0 aliphatic carbocycles. The van der Waals surface area contributed by atoms with E-state index >= 15 is 0 Å². The van der Waals surface area contributed by atoms with Gasteiger partial charge in [-0.1, -0.05) is 84.9 Å². The van der Waals surface area contributed by atoms with Gasteiger partial charge in [0.05, 0.1) is 11.6 Å². The summed E-state index contributed by atoms with van der Waals surface area (Å²) < 4.78 is 6.32. The molecule has 35 heavy (non-hydrogen) atoms. The molecule has 1 aromatic heterocycles. The first-order valence-corrected chi connectivity index (χ1v) is 11.7. The molecule has 1 heterocycles. The number of benzene rings is 6. The van der Waals surface area contributed by atoms with Crippen LogP contribution in [0.4, 0.5) is 0 Å². The molecule has 7 rings (SSSR count). The average molecular weight is 446 g/mol. The Balaban J connectivity index is 1.44. The van der Waals surface area contributed by atoms with Crippen molar-refractivity contribution >= 4 is 43.5 Å². The second-order valence-electron chi connectivity index (χ2n) is 8.87. The van der Waals surface area contributed by atoms with E-state index in [4.69, 9.17) is 9.68 Å². The lowest BCUT2D eigenvalue weighted by molar-refractivity contribution is 0.672. The number of fused-ring (bicyclic) bond motifs is 6. The third-order valence-corrected chi connectivity index (χ3v) is 6.92. The molecule has 0 atom stereocenters. The van der Waals surface area contributed by atoms with Crippen molar-refractivity contribution in [3.8, 4) is 28.3 Å². The van der Waals surface area contributed by atoms with E-state index < -0.39 is 0 Å². The van der Waals surface area contributed by atoms with E-state index in [9.17, 15) is 0 Å². The molecule has 2 heteroatoms. The molecular weight excluding hydrogens is 426 g/mol. The van der Waals surface area contributed by atoms with Gasteiger partial charge in [0.2, 0.25) is 0 Å². The van der Waals surface area contributed by atoms with Crippen LogP contribution >= 0.6 is 0 Å². The third-order valence-electron chi connectivity index (χ3n) is 6.92. The summed E-state index contributed by atoms with van der Waals surface area (Å²) in [5.41, 5.74) is 7.13. The highest BCUT2D eigenvalue weighted by atomic mass is 16.3. The molecule has 2 nitrogen and oxygen atoms in total. The zero-order valence-electron chi connectivity index (χ0n) is 18.8. The first-order chi connectivity index (χ1) is 17.3. The first kappa shape index (κ1) is 19.6. The van der Waals surface area contributed by atoms with Gasteiger partial charge >= 0.3 is 0 Å². The molecule has 0 spiro atoms. The van der Waals surface area contributed by atoms with Crippen LogP contribution in [-0.2, 0) is 0 Å². The molecule has 0 amide bonds. The summed E-state index contributed by atoms with van der Waals surface area (Å²) in [6, 6.07) is 42.1. The van der Waals surface area contributed by atoms with Crippen LogP contribution in [0.25, 0.3) is 65.7 Å². The van der Waals surface area contributed by atoms with Crippen molar-refractivity contribution < 1.29 is 4.42 Å². The Labute approximate surface area is 202 Å². The molecule has 0 bridgehead atoms. The molecule has 0 fully saturated rings. The van der Waals surface area contributed by atoms with Crippen molar-refractivity contribution in [3.63, 3.8) is 0 Å². The van der Waals surface area contributed by atoms with Gasteiger partial charge < -0.3 is 4.42 Å². The predicted molar refractivity (Wildman–Crippen MR) is 144 cm³/mol. The molecule has 0 saturated heterocycles. The van der Waals surface area contributed by atoms with E-state index in [-0.39, 0.29) is 0 Å². The molecule has 0 saturated carbocycles. The Hall–Kier alpha value is -4.87. The normalized spacial score (nSPS) is 11.4. The minimum absolute atomic E-state index is 0.670. The summed E-state index contributed by atoms with van der Waals surface area (Å²) in [5.74, 6) is 0. The van der Waals surface area contributed by atoms with E-state index in [0.717, 1.165) is 44.0 Å². The predicted octanol–water partition coefficient (Wildman–Crippen LogP) is 9.10. The van der Waals surface area contributed by atoms with Crippen LogP contribution in [0.1, 0.15) is 5.56 Å². The number of furan rings is 1. The second-order valence-corrected chi connectivity index (χ2v) is 8.87. The highest BCUT2D eigenvalue weighted by molar-refractivity contribution is 6.16. The van der Waals surface area contributed by atoms with E-state index in [1.807, 2.05) is 24.3 Å².